The van der Waals surface area contributed by atoms with E-state index in [1.165, 1.54) is 0 Å². The minimum atomic E-state index is -0.565. The first kappa shape index (κ1) is 13.1. The van der Waals surface area contributed by atoms with Gasteiger partial charge in [0.25, 0.3) is 0 Å². The molecule has 0 N–H and O–H groups in total. The summed E-state index contributed by atoms with van der Waals surface area (Å²) >= 11 is 3.38. The molecule has 2 rings (SSSR count). The third kappa shape index (κ3) is 3.11. The van der Waals surface area contributed by atoms with Gasteiger partial charge in [0, 0.05) is 17.6 Å². The lowest BCUT2D eigenvalue weighted by Gasteiger charge is -2.16. The van der Waals surface area contributed by atoms with Gasteiger partial charge in [0.1, 0.15) is 0 Å². The molecule has 1 aromatic rings. The summed E-state index contributed by atoms with van der Waals surface area (Å²) in [5.74, 6) is -0.00887. The number of halogens is 1. The Bertz CT molecular complexity index is 458. The molecule has 94 valence electrons. The average Bonchev–Trinajstić information content (AvgIpc) is 2.91. The van der Waals surface area contributed by atoms with E-state index in [9.17, 15) is 4.79 Å². The van der Waals surface area contributed by atoms with Gasteiger partial charge in [0.05, 0.1) is 6.42 Å². The number of likely N-dealkylation sites (tertiary alicyclic amines) is 1. The molecule has 1 fully saturated rings. The van der Waals surface area contributed by atoms with E-state index in [0.717, 1.165) is 36.0 Å². The maximum absolute atomic E-state index is 12.2. The maximum atomic E-state index is 12.2. The fraction of sp³-hybridized carbons (Fsp3) is 0.429. The smallest absolute Gasteiger partial charge is 0.306 e. The first-order valence-electron chi connectivity index (χ1n) is 6.10. The van der Waals surface area contributed by atoms with Gasteiger partial charge in [-0.25, -0.2) is 6.57 Å². The molecule has 0 aliphatic carbocycles. The highest BCUT2D eigenvalue weighted by atomic mass is 79.9. The van der Waals surface area contributed by atoms with Crippen LogP contribution in [0.4, 0.5) is 0 Å². The Hall–Kier alpha value is -1.34. The number of hydrogen-bond acceptors (Lipinski definition) is 1. The summed E-state index contributed by atoms with van der Waals surface area (Å²) in [6.07, 6.45) is 2.63. The number of rotatable bonds is 3. The quantitative estimate of drug-likeness (QED) is 0.788. The zero-order valence-electron chi connectivity index (χ0n) is 10.1. The first-order chi connectivity index (χ1) is 8.70. The van der Waals surface area contributed by atoms with Crippen LogP contribution in [0.25, 0.3) is 4.85 Å². The van der Waals surface area contributed by atoms with Crippen molar-refractivity contribution in [2.45, 2.75) is 25.3 Å². The molecule has 0 aromatic heterocycles. The Morgan fingerprint density at radius 3 is 2.50 bits per heavy atom. The van der Waals surface area contributed by atoms with E-state index in [0.29, 0.717) is 6.42 Å². The monoisotopic (exact) mass is 306 g/mol. The van der Waals surface area contributed by atoms with E-state index in [-0.39, 0.29) is 5.91 Å². The second-order valence-corrected chi connectivity index (χ2v) is 5.42. The highest BCUT2D eigenvalue weighted by Crippen LogP contribution is 2.16. The van der Waals surface area contributed by atoms with Crippen LogP contribution in [0, 0.1) is 6.57 Å². The van der Waals surface area contributed by atoms with E-state index in [1.807, 2.05) is 29.2 Å². The van der Waals surface area contributed by atoms with Crippen LogP contribution in [0.2, 0.25) is 0 Å². The second-order valence-electron chi connectivity index (χ2n) is 4.51. The summed E-state index contributed by atoms with van der Waals surface area (Å²) in [6.45, 7) is 8.84. The van der Waals surface area contributed by atoms with E-state index >= 15 is 0 Å². The van der Waals surface area contributed by atoms with Crippen molar-refractivity contribution in [3.8, 4) is 0 Å². The van der Waals surface area contributed by atoms with Gasteiger partial charge in [0.15, 0.2) is 0 Å². The summed E-state index contributed by atoms with van der Waals surface area (Å²) in [7, 11) is 0. The first-order valence-corrected chi connectivity index (χ1v) is 6.90. The number of carbonyl (C=O) groups is 1. The third-order valence-corrected chi connectivity index (χ3v) is 3.73. The van der Waals surface area contributed by atoms with Crippen LogP contribution in [-0.4, -0.2) is 29.9 Å². The van der Waals surface area contributed by atoms with Gasteiger partial charge in [0.2, 0.25) is 0 Å². The SMILES string of the molecule is [C-]#[N+]C(Cc1ccc(Br)cc1)C(=O)N1CCCC1. The fourth-order valence-corrected chi connectivity index (χ4v) is 2.44. The molecule has 18 heavy (non-hydrogen) atoms. The van der Waals surface area contributed by atoms with Gasteiger partial charge in [-0.1, -0.05) is 28.1 Å². The highest BCUT2D eigenvalue weighted by molar-refractivity contribution is 9.10. The molecule has 0 radical (unpaired) electrons. The van der Waals surface area contributed by atoms with Crippen molar-refractivity contribution < 1.29 is 4.79 Å². The van der Waals surface area contributed by atoms with Gasteiger partial charge in [-0.05, 0) is 30.5 Å². The zero-order valence-corrected chi connectivity index (χ0v) is 11.7. The highest BCUT2D eigenvalue weighted by Gasteiger charge is 2.30. The molecule has 1 atom stereocenters. The summed E-state index contributed by atoms with van der Waals surface area (Å²) in [5, 5.41) is 0. The van der Waals surface area contributed by atoms with Gasteiger partial charge < -0.3 is 9.74 Å². The molecule has 0 saturated carbocycles. The van der Waals surface area contributed by atoms with Crippen molar-refractivity contribution in [1.82, 2.24) is 4.90 Å². The Morgan fingerprint density at radius 2 is 1.94 bits per heavy atom. The maximum Gasteiger partial charge on any atom is 0.306 e. The van der Waals surface area contributed by atoms with Crippen LogP contribution in [0.3, 0.4) is 0 Å². The molecule has 0 bridgehead atoms. The van der Waals surface area contributed by atoms with Gasteiger partial charge >= 0.3 is 11.9 Å². The molecule has 1 saturated heterocycles. The molecule has 1 heterocycles. The molecule has 1 amide bonds. The lowest BCUT2D eigenvalue weighted by molar-refractivity contribution is -0.130. The molecular formula is C14H15BrN2O. The van der Waals surface area contributed by atoms with Gasteiger partial charge in [-0.2, -0.15) is 0 Å². The Labute approximate surface area is 116 Å². The van der Waals surface area contributed by atoms with Gasteiger partial charge in [-0.15, -0.1) is 0 Å². The van der Waals surface area contributed by atoms with Crippen molar-refractivity contribution in [3.05, 3.63) is 45.7 Å². The van der Waals surface area contributed by atoms with Crippen molar-refractivity contribution >= 4 is 21.8 Å². The van der Waals surface area contributed by atoms with Crippen LogP contribution >= 0.6 is 15.9 Å². The van der Waals surface area contributed by atoms with Crippen molar-refractivity contribution in [2.75, 3.05) is 13.1 Å². The van der Waals surface area contributed by atoms with Crippen molar-refractivity contribution in [1.29, 1.82) is 0 Å². The Balaban J connectivity index is 2.03. The number of hydrogen-bond donors (Lipinski definition) is 0. The molecule has 1 aromatic carbocycles. The van der Waals surface area contributed by atoms with Gasteiger partial charge in [-0.3, -0.25) is 4.79 Å². The van der Waals surface area contributed by atoms with E-state index in [1.54, 1.807) is 0 Å². The van der Waals surface area contributed by atoms with Crippen molar-refractivity contribution in [2.24, 2.45) is 0 Å². The number of carbonyl (C=O) groups excluding carboxylic acids is 1. The second kappa shape index (κ2) is 6.01. The zero-order chi connectivity index (χ0) is 13.0. The predicted octanol–water partition coefficient (Wildman–Crippen LogP) is 2.90. The third-order valence-electron chi connectivity index (χ3n) is 3.20. The molecule has 1 unspecified atom stereocenters. The number of nitrogens with zero attached hydrogens (tertiary/aromatic N) is 2. The van der Waals surface area contributed by atoms with Crippen LogP contribution in [-0.2, 0) is 11.2 Å². The molecule has 1 aliphatic heterocycles. The van der Waals surface area contributed by atoms with Crippen molar-refractivity contribution in [3.63, 3.8) is 0 Å². The molecular weight excluding hydrogens is 292 g/mol. The van der Waals surface area contributed by atoms with E-state index in [2.05, 4.69) is 20.8 Å². The minimum absolute atomic E-state index is 0.00887. The summed E-state index contributed by atoms with van der Waals surface area (Å²) in [5.41, 5.74) is 1.03. The predicted molar refractivity (Wildman–Crippen MR) is 74.1 cm³/mol. The average molecular weight is 307 g/mol. The summed E-state index contributed by atoms with van der Waals surface area (Å²) in [4.78, 5) is 17.5. The van der Waals surface area contributed by atoms with Crippen LogP contribution < -0.4 is 0 Å². The van der Waals surface area contributed by atoms with Crippen LogP contribution in [0.15, 0.2) is 28.7 Å². The molecule has 1 aliphatic rings. The Morgan fingerprint density at radius 1 is 1.33 bits per heavy atom. The molecule has 4 heteroatoms. The standard InChI is InChI=1S/C14H15BrN2O/c1-16-13(14(18)17-8-2-3-9-17)10-11-4-6-12(15)7-5-11/h4-7,13H,2-3,8-10H2. The summed E-state index contributed by atoms with van der Waals surface area (Å²) < 4.78 is 1.01. The minimum Gasteiger partial charge on any atom is -0.336 e. The molecule has 0 spiro atoms. The molecule has 3 nitrogen and oxygen atoms in total. The Kier molecular flexibility index (Phi) is 4.38. The number of benzene rings is 1. The topological polar surface area (TPSA) is 24.7 Å². The lowest BCUT2D eigenvalue weighted by Crippen LogP contribution is -2.36. The number of amides is 1. The fourth-order valence-electron chi connectivity index (χ4n) is 2.18. The van der Waals surface area contributed by atoms with E-state index < -0.39 is 6.04 Å². The van der Waals surface area contributed by atoms with E-state index in [4.69, 9.17) is 6.57 Å². The largest absolute Gasteiger partial charge is 0.336 e. The normalized spacial score (nSPS) is 16.3. The summed E-state index contributed by atoms with van der Waals surface area (Å²) in [6, 6.07) is 7.23. The van der Waals surface area contributed by atoms with Crippen LogP contribution in [0.5, 0.6) is 0 Å². The van der Waals surface area contributed by atoms with Crippen LogP contribution in [0.1, 0.15) is 18.4 Å². The lowest BCUT2D eigenvalue weighted by atomic mass is 10.1.